The van der Waals surface area contributed by atoms with Gasteiger partial charge in [-0.3, -0.25) is 4.79 Å². The normalized spacial score (nSPS) is 44.2. The van der Waals surface area contributed by atoms with Crippen molar-refractivity contribution in [3.8, 4) is 0 Å². The number of fused-ring (bicyclic) bond motifs is 2. The predicted octanol–water partition coefficient (Wildman–Crippen LogP) is 0.821. The van der Waals surface area contributed by atoms with E-state index in [-0.39, 0.29) is 18.0 Å². The van der Waals surface area contributed by atoms with E-state index < -0.39 is 4.32 Å². The number of hydrogen-bond acceptors (Lipinski definition) is 3. The van der Waals surface area contributed by atoms with Gasteiger partial charge in [0.05, 0.1) is 0 Å². The maximum atomic E-state index is 11.3. The summed E-state index contributed by atoms with van der Waals surface area (Å²) in [5.41, 5.74) is 0. The van der Waals surface area contributed by atoms with Crippen molar-refractivity contribution < 1.29 is 14.3 Å². The molecule has 4 heteroatoms. The van der Waals surface area contributed by atoms with Gasteiger partial charge in [-0.05, 0) is 12.5 Å². The number of aldehydes is 1. The lowest BCUT2D eigenvalue weighted by molar-refractivity contribution is -0.158. The summed E-state index contributed by atoms with van der Waals surface area (Å²) in [6, 6.07) is 0. The number of esters is 1. The third kappa shape index (κ3) is 0.874. The molecule has 0 aromatic heterocycles. The molecule has 3 aliphatic rings. The van der Waals surface area contributed by atoms with E-state index in [1.165, 1.54) is 0 Å². The first kappa shape index (κ1) is 7.98. The molecule has 64 valence electrons. The van der Waals surface area contributed by atoms with Crippen LogP contribution >= 0.6 is 15.9 Å². The quantitative estimate of drug-likeness (QED) is 0.290. The van der Waals surface area contributed by atoms with Gasteiger partial charge in [-0.1, -0.05) is 22.0 Å². The lowest BCUT2D eigenvalue weighted by Crippen LogP contribution is -2.51. The zero-order chi connectivity index (χ0) is 8.77. The Morgan fingerprint density at radius 3 is 3.00 bits per heavy atom. The lowest BCUT2D eigenvalue weighted by Gasteiger charge is -2.39. The van der Waals surface area contributed by atoms with Crippen LogP contribution in [0.4, 0.5) is 0 Å². The zero-order valence-electron chi connectivity index (χ0n) is 6.20. The topological polar surface area (TPSA) is 43.4 Å². The van der Waals surface area contributed by atoms with E-state index in [4.69, 9.17) is 4.74 Å². The van der Waals surface area contributed by atoms with Crippen molar-refractivity contribution >= 4 is 28.2 Å². The number of carbonyl (C=O) groups excluding carboxylic acids is 2. The van der Waals surface area contributed by atoms with Crippen molar-refractivity contribution in [2.45, 2.75) is 16.8 Å². The molecule has 2 heterocycles. The molecular formula is C8H7BrO3. The molecule has 3 atom stereocenters. The largest absolute Gasteiger partial charge is 0.457 e. The number of rotatable bonds is 1. The molecule has 3 nitrogen and oxygen atoms in total. The lowest BCUT2D eigenvalue weighted by atomic mass is 9.81. The van der Waals surface area contributed by atoms with Crippen molar-refractivity contribution in [2.75, 3.05) is 0 Å². The summed E-state index contributed by atoms with van der Waals surface area (Å²) in [6.07, 6.45) is 4.73. The number of ether oxygens (including phenoxy) is 1. The molecule has 2 bridgehead atoms. The van der Waals surface area contributed by atoms with Gasteiger partial charge in [0.1, 0.15) is 12.4 Å². The summed E-state index contributed by atoms with van der Waals surface area (Å²) >= 11 is 3.23. The van der Waals surface area contributed by atoms with Gasteiger partial charge in [0.15, 0.2) is 4.32 Å². The Hall–Kier alpha value is -0.640. The molecule has 1 aliphatic carbocycles. The number of halogens is 1. The molecule has 3 rings (SSSR count). The van der Waals surface area contributed by atoms with Gasteiger partial charge in [-0.2, -0.15) is 0 Å². The molecule has 0 saturated carbocycles. The second-order valence-corrected chi connectivity index (χ2v) is 4.36. The molecule has 0 amide bonds. The second-order valence-electron chi connectivity index (χ2n) is 3.05. The molecule has 0 unspecified atom stereocenters. The van der Waals surface area contributed by atoms with Crippen LogP contribution in [0.3, 0.4) is 0 Å². The van der Waals surface area contributed by atoms with Gasteiger partial charge < -0.3 is 9.53 Å². The molecule has 0 aromatic carbocycles. The SMILES string of the molecule is O=C[C@H]1C[C@@H]2C=C[C@@]1(Br)C(=O)O2. The van der Waals surface area contributed by atoms with Gasteiger partial charge in [0.2, 0.25) is 0 Å². The maximum absolute atomic E-state index is 11.3. The minimum Gasteiger partial charge on any atom is -0.457 e. The summed E-state index contributed by atoms with van der Waals surface area (Å²) in [5, 5.41) is 0. The van der Waals surface area contributed by atoms with E-state index in [9.17, 15) is 9.59 Å². The van der Waals surface area contributed by atoms with Crippen LogP contribution in [0.5, 0.6) is 0 Å². The van der Waals surface area contributed by atoms with Crippen molar-refractivity contribution in [3.05, 3.63) is 12.2 Å². The third-order valence-corrected chi connectivity index (χ3v) is 3.49. The van der Waals surface area contributed by atoms with Gasteiger partial charge in [-0.15, -0.1) is 0 Å². The zero-order valence-corrected chi connectivity index (χ0v) is 7.78. The number of hydrogen-bond donors (Lipinski definition) is 0. The minimum absolute atomic E-state index is 0.202. The molecule has 1 fully saturated rings. The maximum Gasteiger partial charge on any atom is 0.328 e. The van der Waals surface area contributed by atoms with Crippen molar-refractivity contribution in [1.29, 1.82) is 0 Å². The van der Waals surface area contributed by atoms with Crippen LogP contribution in [0.25, 0.3) is 0 Å². The fourth-order valence-electron chi connectivity index (χ4n) is 1.56. The van der Waals surface area contributed by atoms with E-state index >= 15 is 0 Å². The predicted molar refractivity (Wildman–Crippen MR) is 44.8 cm³/mol. The van der Waals surface area contributed by atoms with E-state index in [0.29, 0.717) is 6.42 Å². The summed E-state index contributed by atoms with van der Waals surface area (Å²) in [5.74, 6) is -0.632. The van der Waals surface area contributed by atoms with Gasteiger partial charge in [0.25, 0.3) is 0 Å². The van der Waals surface area contributed by atoms with Crippen molar-refractivity contribution in [1.82, 2.24) is 0 Å². The minimum atomic E-state index is -0.885. The summed E-state index contributed by atoms with van der Waals surface area (Å²) in [7, 11) is 0. The van der Waals surface area contributed by atoms with E-state index in [2.05, 4.69) is 15.9 Å². The molecule has 0 N–H and O–H groups in total. The van der Waals surface area contributed by atoms with Crippen LogP contribution in [0, 0.1) is 5.92 Å². The molecule has 0 radical (unpaired) electrons. The first-order valence-corrected chi connectivity index (χ1v) is 4.51. The highest BCUT2D eigenvalue weighted by molar-refractivity contribution is 9.10. The Balaban J connectivity index is 2.43. The monoisotopic (exact) mass is 230 g/mol. The average Bonchev–Trinajstić information content (AvgIpc) is 2.07. The van der Waals surface area contributed by atoms with E-state index in [1.807, 2.05) is 6.08 Å². The molecule has 0 spiro atoms. The third-order valence-electron chi connectivity index (χ3n) is 2.31. The Bertz CT molecular complexity index is 273. The Kier molecular flexibility index (Phi) is 1.61. The van der Waals surface area contributed by atoms with Gasteiger partial charge in [-0.25, -0.2) is 0 Å². The van der Waals surface area contributed by atoms with Crippen LogP contribution in [0.1, 0.15) is 6.42 Å². The fourth-order valence-corrected chi connectivity index (χ4v) is 2.10. The standard InChI is InChI=1S/C8H7BrO3/c9-8-2-1-6(12-7(8)11)3-5(8)4-10/h1-2,4-6H,3H2/t5-,6+,8+/m1/s1. The highest BCUT2D eigenvalue weighted by atomic mass is 79.9. The van der Waals surface area contributed by atoms with Crippen LogP contribution in [0.2, 0.25) is 0 Å². The Morgan fingerprint density at radius 2 is 2.50 bits per heavy atom. The van der Waals surface area contributed by atoms with Crippen molar-refractivity contribution in [3.63, 3.8) is 0 Å². The smallest absolute Gasteiger partial charge is 0.328 e. The van der Waals surface area contributed by atoms with Crippen LogP contribution in [-0.2, 0) is 14.3 Å². The highest BCUT2D eigenvalue weighted by Crippen LogP contribution is 2.42. The summed E-state index contributed by atoms with van der Waals surface area (Å²) in [6.45, 7) is 0. The number of carbonyl (C=O) groups is 2. The Labute approximate surface area is 77.9 Å². The van der Waals surface area contributed by atoms with Crippen LogP contribution in [-0.4, -0.2) is 22.7 Å². The highest BCUT2D eigenvalue weighted by Gasteiger charge is 2.51. The molecular weight excluding hydrogens is 224 g/mol. The average molecular weight is 231 g/mol. The number of alkyl halides is 1. The first-order valence-electron chi connectivity index (χ1n) is 3.71. The molecule has 12 heavy (non-hydrogen) atoms. The van der Waals surface area contributed by atoms with Crippen molar-refractivity contribution in [2.24, 2.45) is 5.92 Å². The summed E-state index contributed by atoms with van der Waals surface area (Å²) < 4.78 is 4.10. The van der Waals surface area contributed by atoms with Gasteiger partial charge in [0, 0.05) is 5.92 Å². The molecule has 0 aromatic rings. The molecule has 2 aliphatic heterocycles. The molecule has 1 saturated heterocycles. The second kappa shape index (κ2) is 2.42. The van der Waals surface area contributed by atoms with E-state index in [1.54, 1.807) is 6.08 Å². The summed E-state index contributed by atoms with van der Waals surface area (Å²) in [4.78, 5) is 21.9. The van der Waals surface area contributed by atoms with E-state index in [0.717, 1.165) is 6.29 Å². The first-order chi connectivity index (χ1) is 5.66. The fraction of sp³-hybridized carbons (Fsp3) is 0.500. The van der Waals surface area contributed by atoms with Crippen LogP contribution < -0.4 is 0 Å². The van der Waals surface area contributed by atoms with Gasteiger partial charge >= 0.3 is 5.97 Å². The Morgan fingerprint density at radius 1 is 1.75 bits per heavy atom. The van der Waals surface area contributed by atoms with Crippen LogP contribution in [0.15, 0.2) is 12.2 Å².